The lowest BCUT2D eigenvalue weighted by Gasteiger charge is -2.29. The van der Waals surface area contributed by atoms with Crippen molar-refractivity contribution in [3.63, 3.8) is 0 Å². The van der Waals surface area contributed by atoms with Gasteiger partial charge in [-0.25, -0.2) is 0 Å². The molecule has 0 aromatic heterocycles. The highest BCUT2D eigenvalue weighted by Crippen LogP contribution is 2.09. The van der Waals surface area contributed by atoms with Crippen LogP contribution in [0.5, 0.6) is 0 Å². The van der Waals surface area contributed by atoms with Crippen LogP contribution in [0.15, 0.2) is 12.7 Å². The van der Waals surface area contributed by atoms with Crippen LogP contribution >= 0.6 is 0 Å². The van der Waals surface area contributed by atoms with Crippen LogP contribution in [-0.4, -0.2) is 25.0 Å². The molecule has 0 aliphatic carbocycles. The topological polar surface area (TPSA) is 41.1 Å². The monoisotopic (exact) mass is 168 g/mol. The van der Waals surface area contributed by atoms with Crippen LogP contribution in [0.25, 0.3) is 0 Å². The molecule has 0 radical (unpaired) electrons. The molecule has 12 heavy (non-hydrogen) atoms. The van der Waals surface area contributed by atoms with Crippen molar-refractivity contribution in [2.45, 2.75) is 19.4 Å². The van der Waals surface area contributed by atoms with Crippen molar-refractivity contribution >= 4 is 5.91 Å². The smallest absolute Gasteiger partial charge is 0.243 e. The summed E-state index contributed by atoms with van der Waals surface area (Å²) in [6.45, 7) is 7.54. The van der Waals surface area contributed by atoms with Gasteiger partial charge in [0.05, 0.1) is 0 Å². The first-order chi connectivity index (χ1) is 5.74. The van der Waals surface area contributed by atoms with Crippen LogP contribution in [0.4, 0.5) is 0 Å². The lowest BCUT2D eigenvalue weighted by Crippen LogP contribution is -2.47. The summed E-state index contributed by atoms with van der Waals surface area (Å²) >= 11 is 0. The van der Waals surface area contributed by atoms with Gasteiger partial charge in [-0.3, -0.25) is 4.79 Å². The molecule has 1 rings (SSSR count). The molecule has 2 unspecified atom stereocenters. The summed E-state index contributed by atoms with van der Waals surface area (Å²) in [5.74, 6) is 0.455. The van der Waals surface area contributed by atoms with Gasteiger partial charge in [0.1, 0.15) is 0 Å². The third-order valence-corrected chi connectivity index (χ3v) is 2.30. The maximum Gasteiger partial charge on any atom is 0.243 e. The Kier molecular flexibility index (Phi) is 3.29. The molecule has 0 aromatic rings. The zero-order valence-electron chi connectivity index (χ0n) is 7.47. The fourth-order valence-corrected chi connectivity index (χ4v) is 1.47. The van der Waals surface area contributed by atoms with Gasteiger partial charge in [-0.1, -0.05) is 13.5 Å². The fraction of sp³-hybridized carbons (Fsp3) is 0.667. The molecule has 1 aliphatic rings. The van der Waals surface area contributed by atoms with Crippen molar-refractivity contribution < 1.29 is 4.79 Å². The quantitative estimate of drug-likeness (QED) is 0.582. The van der Waals surface area contributed by atoms with Crippen LogP contribution in [0.1, 0.15) is 13.3 Å². The van der Waals surface area contributed by atoms with Crippen molar-refractivity contribution in [2.24, 2.45) is 5.92 Å². The van der Waals surface area contributed by atoms with E-state index in [9.17, 15) is 4.79 Å². The first-order valence-corrected chi connectivity index (χ1v) is 4.37. The molecule has 68 valence electrons. The van der Waals surface area contributed by atoms with Crippen molar-refractivity contribution in [3.05, 3.63) is 12.7 Å². The average Bonchev–Trinajstić information content (AvgIpc) is 2.09. The lowest BCUT2D eigenvalue weighted by molar-refractivity contribution is -0.117. The van der Waals surface area contributed by atoms with E-state index in [1.165, 1.54) is 6.08 Å². The lowest BCUT2D eigenvalue weighted by atomic mass is 9.95. The zero-order valence-corrected chi connectivity index (χ0v) is 7.47. The maximum atomic E-state index is 11.0. The molecule has 3 heteroatoms. The third kappa shape index (κ3) is 2.34. The SMILES string of the molecule is C=CC(=O)NC1CCNCC1C. The van der Waals surface area contributed by atoms with Crippen molar-refractivity contribution in [3.8, 4) is 0 Å². The second-order valence-corrected chi connectivity index (χ2v) is 3.29. The second kappa shape index (κ2) is 4.26. The Balaban J connectivity index is 2.38. The van der Waals surface area contributed by atoms with Gasteiger partial charge in [-0.05, 0) is 31.5 Å². The van der Waals surface area contributed by atoms with E-state index < -0.39 is 0 Å². The van der Waals surface area contributed by atoms with Gasteiger partial charge in [0.2, 0.25) is 5.91 Å². The Morgan fingerprint density at radius 1 is 1.75 bits per heavy atom. The predicted octanol–water partition coefficient (Wildman–Crippen LogP) is 0.287. The second-order valence-electron chi connectivity index (χ2n) is 3.29. The normalized spacial score (nSPS) is 29.4. The number of rotatable bonds is 2. The molecule has 0 spiro atoms. The van der Waals surface area contributed by atoms with Gasteiger partial charge in [-0.2, -0.15) is 0 Å². The third-order valence-electron chi connectivity index (χ3n) is 2.30. The van der Waals surface area contributed by atoms with Gasteiger partial charge in [0.25, 0.3) is 0 Å². The number of carbonyl (C=O) groups excluding carboxylic acids is 1. The molecule has 0 bridgehead atoms. The number of hydrogen-bond acceptors (Lipinski definition) is 2. The first-order valence-electron chi connectivity index (χ1n) is 4.37. The van der Waals surface area contributed by atoms with E-state index >= 15 is 0 Å². The van der Waals surface area contributed by atoms with Crippen LogP contribution < -0.4 is 10.6 Å². The average molecular weight is 168 g/mol. The van der Waals surface area contributed by atoms with E-state index in [1.807, 2.05) is 0 Å². The number of piperidine rings is 1. The molecule has 0 aromatic carbocycles. The first kappa shape index (κ1) is 9.26. The number of amides is 1. The van der Waals surface area contributed by atoms with Gasteiger partial charge >= 0.3 is 0 Å². The van der Waals surface area contributed by atoms with Crippen LogP contribution in [0.2, 0.25) is 0 Å². The molecule has 1 aliphatic heterocycles. The Morgan fingerprint density at radius 3 is 3.08 bits per heavy atom. The standard InChI is InChI=1S/C9H16N2O/c1-3-9(12)11-8-4-5-10-6-7(8)2/h3,7-8,10H,1,4-6H2,2H3,(H,11,12). The van der Waals surface area contributed by atoms with Crippen LogP contribution in [0, 0.1) is 5.92 Å². The summed E-state index contributed by atoms with van der Waals surface area (Å²) in [4.78, 5) is 11.0. The van der Waals surface area contributed by atoms with E-state index in [0.29, 0.717) is 12.0 Å². The molecule has 1 heterocycles. The minimum absolute atomic E-state index is 0.0613. The number of carbonyl (C=O) groups is 1. The van der Waals surface area contributed by atoms with Gasteiger partial charge in [-0.15, -0.1) is 0 Å². The summed E-state index contributed by atoms with van der Waals surface area (Å²) in [7, 11) is 0. The van der Waals surface area contributed by atoms with E-state index in [1.54, 1.807) is 0 Å². The highest BCUT2D eigenvalue weighted by atomic mass is 16.1. The summed E-state index contributed by atoms with van der Waals surface area (Å²) in [6.07, 6.45) is 2.34. The molecular formula is C9H16N2O. The summed E-state index contributed by atoms with van der Waals surface area (Å²) in [6, 6.07) is 0.316. The molecule has 2 N–H and O–H groups in total. The summed E-state index contributed by atoms with van der Waals surface area (Å²) < 4.78 is 0. The predicted molar refractivity (Wildman–Crippen MR) is 48.8 cm³/mol. The number of nitrogens with one attached hydrogen (secondary N) is 2. The highest BCUT2D eigenvalue weighted by Gasteiger charge is 2.21. The molecular weight excluding hydrogens is 152 g/mol. The van der Waals surface area contributed by atoms with E-state index in [0.717, 1.165) is 19.5 Å². The Morgan fingerprint density at radius 2 is 2.50 bits per heavy atom. The maximum absolute atomic E-state index is 11.0. The molecule has 1 amide bonds. The van der Waals surface area contributed by atoms with Crippen molar-refractivity contribution in [1.82, 2.24) is 10.6 Å². The summed E-state index contributed by atoms with van der Waals surface area (Å²) in [5, 5.41) is 6.20. The van der Waals surface area contributed by atoms with Gasteiger partial charge < -0.3 is 10.6 Å². The molecule has 1 saturated heterocycles. The highest BCUT2D eigenvalue weighted by molar-refractivity contribution is 5.87. The molecule has 1 fully saturated rings. The van der Waals surface area contributed by atoms with Crippen molar-refractivity contribution in [2.75, 3.05) is 13.1 Å². The fourth-order valence-electron chi connectivity index (χ4n) is 1.47. The van der Waals surface area contributed by atoms with Crippen LogP contribution in [0.3, 0.4) is 0 Å². The van der Waals surface area contributed by atoms with Gasteiger partial charge in [0, 0.05) is 6.04 Å². The van der Waals surface area contributed by atoms with Crippen molar-refractivity contribution in [1.29, 1.82) is 0 Å². The molecule has 2 atom stereocenters. The number of hydrogen-bond donors (Lipinski definition) is 2. The minimum Gasteiger partial charge on any atom is -0.349 e. The Hall–Kier alpha value is -0.830. The Labute approximate surface area is 73.2 Å². The minimum atomic E-state index is -0.0613. The van der Waals surface area contributed by atoms with E-state index in [-0.39, 0.29) is 5.91 Å². The molecule has 3 nitrogen and oxygen atoms in total. The summed E-state index contributed by atoms with van der Waals surface area (Å²) in [5.41, 5.74) is 0. The van der Waals surface area contributed by atoms with E-state index in [2.05, 4.69) is 24.1 Å². The van der Waals surface area contributed by atoms with Gasteiger partial charge in [0.15, 0.2) is 0 Å². The van der Waals surface area contributed by atoms with E-state index in [4.69, 9.17) is 0 Å². The zero-order chi connectivity index (χ0) is 8.97. The van der Waals surface area contributed by atoms with Crippen LogP contribution in [-0.2, 0) is 4.79 Å². The largest absolute Gasteiger partial charge is 0.349 e. The Bertz CT molecular complexity index is 179. The molecule has 0 saturated carbocycles.